The van der Waals surface area contributed by atoms with Crippen LogP contribution in [0.5, 0.6) is 5.75 Å². The topological polar surface area (TPSA) is 62.7 Å². The van der Waals surface area contributed by atoms with Crippen LogP contribution in [0.15, 0.2) is 46.9 Å². The number of ether oxygens (including phenoxy) is 1. The Kier molecular flexibility index (Phi) is 5.34. The van der Waals surface area contributed by atoms with Gasteiger partial charge in [0.25, 0.3) is 5.91 Å². The van der Waals surface area contributed by atoms with Crippen LogP contribution in [0.25, 0.3) is 0 Å². The second kappa shape index (κ2) is 7.44. The number of benzene rings is 1. The standard InChI is InChI=1S/C15H17N3O2S/c1-11(17-12-5-7-13(20-2)8-6-12)15(19)18-16-10-14-4-3-9-21-14/h3-11,17H,1-2H3,(H,18,19)/b16-10+. The molecule has 6 heteroatoms. The van der Waals surface area contributed by atoms with Gasteiger partial charge in [-0.05, 0) is 42.6 Å². The minimum absolute atomic E-state index is 0.196. The molecule has 21 heavy (non-hydrogen) atoms. The molecular weight excluding hydrogens is 286 g/mol. The quantitative estimate of drug-likeness (QED) is 0.637. The zero-order valence-electron chi connectivity index (χ0n) is 11.9. The summed E-state index contributed by atoms with van der Waals surface area (Å²) in [5, 5.41) is 8.98. The number of carbonyl (C=O) groups excluding carboxylic acids is 1. The maximum absolute atomic E-state index is 11.9. The number of hydrazone groups is 1. The zero-order valence-corrected chi connectivity index (χ0v) is 12.7. The lowest BCUT2D eigenvalue weighted by Crippen LogP contribution is -2.34. The van der Waals surface area contributed by atoms with Crippen LogP contribution in [-0.4, -0.2) is 25.3 Å². The molecule has 1 atom stereocenters. The summed E-state index contributed by atoms with van der Waals surface area (Å²) < 4.78 is 5.08. The molecule has 0 saturated heterocycles. The first-order valence-corrected chi connectivity index (χ1v) is 7.34. The molecule has 2 rings (SSSR count). The molecule has 2 N–H and O–H groups in total. The molecule has 5 nitrogen and oxygen atoms in total. The SMILES string of the molecule is COc1ccc(NC(C)C(=O)N/N=C/c2cccs2)cc1. The Morgan fingerprint density at radius 2 is 2.10 bits per heavy atom. The Labute approximate surface area is 127 Å². The number of hydrogen-bond acceptors (Lipinski definition) is 5. The molecule has 0 bridgehead atoms. The highest BCUT2D eigenvalue weighted by molar-refractivity contribution is 7.11. The summed E-state index contributed by atoms with van der Waals surface area (Å²) in [6.07, 6.45) is 1.63. The number of carbonyl (C=O) groups is 1. The van der Waals surface area contributed by atoms with Gasteiger partial charge in [-0.3, -0.25) is 4.79 Å². The highest BCUT2D eigenvalue weighted by Crippen LogP contribution is 2.15. The molecule has 1 aromatic carbocycles. The molecule has 0 aliphatic heterocycles. The van der Waals surface area contributed by atoms with Crippen molar-refractivity contribution >= 4 is 29.1 Å². The van der Waals surface area contributed by atoms with E-state index in [1.165, 1.54) is 0 Å². The number of nitrogens with zero attached hydrogens (tertiary/aromatic N) is 1. The summed E-state index contributed by atoms with van der Waals surface area (Å²) in [6, 6.07) is 10.9. The minimum Gasteiger partial charge on any atom is -0.497 e. The van der Waals surface area contributed by atoms with Gasteiger partial charge in [0.05, 0.1) is 13.3 Å². The van der Waals surface area contributed by atoms with Gasteiger partial charge >= 0.3 is 0 Å². The number of amides is 1. The molecule has 0 aliphatic rings. The lowest BCUT2D eigenvalue weighted by atomic mass is 10.2. The van der Waals surface area contributed by atoms with Crippen molar-refractivity contribution in [2.24, 2.45) is 5.10 Å². The molecule has 0 spiro atoms. The first kappa shape index (κ1) is 15.1. The van der Waals surface area contributed by atoms with E-state index >= 15 is 0 Å². The molecule has 110 valence electrons. The third kappa shape index (κ3) is 4.61. The summed E-state index contributed by atoms with van der Waals surface area (Å²) in [6.45, 7) is 1.78. The first-order valence-electron chi connectivity index (χ1n) is 6.46. The van der Waals surface area contributed by atoms with Crippen molar-refractivity contribution in [2.75, 3.05) is 12.4 Å². The summed E-state index contributed by atoms with van der Waals surface area (Å²) in [7, 11) is 1.62. The van der Waals surface area contributed by atoms with Crippen molar-refractivity contribution in [1.82, 2.24) is 5.43 Å². The van der Waals surface area contributed by atoms with E-state index in [-0.39, 0.29) is 11.9 Å². The van der Waals surface area contributed by atoms with E-state index in [4.69, 9.17) is 4.74 Å². The van der Waals surface area contributed by atoms with Crippen LogP contribution in [0.3, 0.4) is 0 Å². The van der Waals surface area contributed by atoms with E-state index in [9.17, 15) is 4.79 Å². The van der Waals surface area contributed by atoms with Gasteiger partial charge in [-0.2, -0.15) is 5.10 Å². The lowest BCUT2D eigenvalue weighted by molar-refractivity contribution is -0.121. The Morgan fingerprint density at radius 1 is 1.33 bits per heavy atom. The number of methoxy groups -OCH3 is 1. The molecule has 0 aliphatic carbocycles. The average Bonchev–Trinajstić information content (AvgIpc) is 3.01. The molecule has 2 aromatic rings. The Hall–Kier alpha value is -2.34. The van der Waals surface area contributed by atoms with Crippen molar-refractivity contribution < 1.29 is 9.53 Å². The van der Waals surface area contributed by atoms with Gasteiger partial charge in [0.1, 0.15) is 11.8 Å². The van der Waals surface area contributed by atoms with Crippen molar-refractivity contribution in [1.29, 1.82) is 0 Å². The largest absolute Gasteiger partial charge is 0.497 e. The smallest absolute Gasteiger partial charge is 0.262 e. The Morgan fingerprint density at radius 3 is 2.71 bits per heavy atom. The second-order valence-corrected chi connectivity index (χ2v) is 5.32. The van der Waals surface area contributed by atoms with Crippen LogP contribution in [0.2, 0.25) is 0 Å². The minimum atomic E-state index is -0.390. The monoisotopic (exact) mass is 303 g/mol. The number of rotatable bonds is 6. The maximum Gasteiger partial charge on any atom is 0.262 e. The van der Waals surface area contributed by atoms with Crippen molar-refractivity contribution in [2.45, 2.75) is 13.0 Å². The van der Waals surface area contributed by atoms with Crippen LogP contribution in [0.1, 0.15) is 11.8 Å². The predicted molar refractivity (Wildman–Crippen MR) is 86.1 cm³/mol. The molecular formula is C15H17N3O2S. The van der Waals surface area contributed by atoms with Gasteiger partial charge < -0.3 is 10.1 Å². The number of hydrogen-bond donors (Lipinski definition) is 2. The van der Waals surface area contributed by atoms with Crippen LogP contribution < -0.4 is 15.5 Å². The Bertz CT molecular complexity index is 594. The van der Waals surface area contributed by atoms with E-state index in [1.807, 2.05) is 41.8 Å². The fraction of sp³-hybridized carbons (Fsp3) is 0.200. The van der Waals surface area contributed by atoms with Crippen molar-refractivity contribution in [3.8, 4) is 5.75 Å². The van der Waals surface area contributed by atoms with Gasteiger partial charge in [0.15, 0.2) is 0 Å². The molecule has 1 heterocycles. The zero-order chi connectivity index (χ0) is 15.1. The highest BCUT2D eigenvalue weighted by atomic mass is 32.1. The van der Waals surface area contributed by atoms with Crippen LogP contribution in [-0.2, 0) is 4.79 Å². The van der Waals surface area contributed by atoms with Crippen molar-refractivity contribution in [3.63, 3.8) is 0 Å². The molecule has 0 fully saturated rings. The van der Waals surface area contributed by atoms with E-state index in [1.54, 1.807) is 31.6 Å². The molecule has 1 unspecified atom stereocenters. The lowest BCUT2D eigenvalue weighted by Gasteiger charge is -2.13. The second-order valence-electron chi connectivity index (χ2n) is 4.34. The summed E-state index contributed by atoms with van der Waals surface area (Å²) >= 11 is 1.56. The van der Waals surface area contributed by atoms with Crippen LogP contribution in [0.4, 0.5) is 5.69 Å². The van der Waals surface area contributed by atoms with Gasteiger partial charge in [-0.25, -0.2) is 5.43 Å². The van der Waals surface area contributed by atoms with Gasteiger partial charge in [-0.15, -0.1) is 11.3 Å². The normalized spacial score (nSPS) is 12.1. The fourth-order valence-electron chi connectivity index (χ4n) is 1.62. The third-order valence-corrected chi connectivity index (χ3v) is 3.58. The third-order valence-electron chi connectivity index (χ3n) is 2.78. The highest BCUT2D eigenvalue weighted by Gasteiger charge is 2.11. The van der Waals surface area contributed by atoms with Gasteiger partial charge in [-0.1, -0.05) is 6.07 Å². The molecule has 0 saturated carbocycles. The predicted octanol–water partition coefficient (Wildman–Crippen LogP) is 2.71. The summed E-state index contributed by atoms with van der Waals surface area (Å²) in [5.74, 6) is 0.580. The first-order chi connectivity index (χ1) is 10.2. The number of nitrogens with one attached hydrogen (secondary N) is 2. The van der Waals surface area contributed by atoms with Gasteiger partial charge in [0, 0.05) is 10.6 Å². The van der Waals surface area contributed by atoms with Crippen LogP contribution in [0, 0.1) is 0 Å². The van der Waals surface area contributed by atoms with E-state index in [0.717, 1.165) is 16.3 Å². The van der Waals surface area contributed by atoms with Crippen LogP contribution >= 0.6 is 11.3 Å². The summed E-state index contributed by atoms with van der Waals surface area (Å²) in [5.41, 5.74) is 3.36. The van der Waals surface area contributed by atoms with E-state index < -0.39 is 0 Å². The molecule has 1 aromatic heterocycles. The number of thiophene rings is 1. The van der Waals surface area contributed by atoms with Gasteiger partial charge in [0.2, 0.25) is 0 Å². The van der Waals surface area contributed by atoms with E-state index in [2.05, 4.69) is 15.8 Å². The van der Waals surface area contributed by atoms with E-state index in [0.29, 0.717) is 0 Å². The van der Waals surface area contributed by atoms with Crippen molar-refractivity contribution in [3.05, 3.63) is 46.7 Å². The molecule has 0 radical (unpaired) electrons. The fourth-order valence-corrected chi connectivity index (χ4v) is 2.21. The number of anilines is 1. The summed E-state index contributed by atoms with van der Waals surface area (Å²) in [4.78, 5) is 12.9. The Balaban J connectivity index is 1.84. The average molecular weight is 303 g/mol. The maximum atomic E-state index is 11.9. The molecule has 1 amide bonds.